The number of pyridine rings is 1. The third-order valence-electron chi connectivity index (χ3n) is 4.60. The summed E-state index contributed by atoms with van der Waals surface area (Å²) in [5.41, 5.74) is 8.40. The molecule has 0 aliphatic carbocycles. The molecule has 4 aromatic rings. The van der Waals surface area contributed by atoms with E-state index in [1.54, 1.807) is 24.4 Å². The van der Waals surface area contributed by atoms with Crippen molar-refractivity contribution >= 4 is 33.5 Å². The zero-order valence-corrected chi connectivity index (χ0v) is 17.6. The van der Waals surface area contributed by atoms with Crippen LogP contribution in [-0.4, -0.2) is 31.3 Å². The maximum absolute atomic E-state index is 13.2. The maximum Gasteiger partial charge on any atom is 0.402 e. The minimum absolute atomic E-state index is 0.00389. The predicted octanol–water partition coefficient (Wildman–Crippen LogP) is 4.56. The molecule has 0 saturated carbocycles. The van der Waals surface area contributed by atoms with Crippen molar-refractivity contribution in [2.24, 2.45) is 0 Å². The van der Waals surface area contributed by atoms with Crippen molar-refractivity contribution < 1.29 is 26.5 Å². The molecule has 1 unspecified atom stereocenters. The number of H-pyrrole nitrogens is 1. The number of nitrogens with zero attached hydrogens (tertiary/aromatic N) is 2. The second-order valence-corrected chi connectivity index (χ2v) is 8.21. The molecule has 0 aliphatic rings. The molecule has 4 N–H and O–H groups in total. The maximum atomic E-state index is 13.2. The topological polar surface area (TPSA) is 106 Å². The Morgan fingerprint density at radius 3 is 2.61 bits per heavy atom. The molecule has 0 fully saturated rings. The first-order valence-electron chi connectivity index (χ1n) is 9.51. The molecule has 0 aliphatic heterocycles. The summed E-state index contributed by atoms with van der Waals surface area (Å²) in [5.74, 6) is -1.48. The van der Waals surface area contributed by atoms with Gasteiger partial charge in [-0.15, -0.1) is 0 Å². The van der Waals surface area contributed by atoms with Gasteiger partial charge in [-0.1, -0.05) is 18.2 Å². The molecule has 0 radical (unpaired) electrons. The Kier molecular flexibility index (Phi) is 6.18. The predicted molar refractivity (Wildman–Crippen MR) is 117 cm³/mol. The van der Waals surface area contributed by atoms with Crippen LogP contribution in [0.15, 0.2) is 54.7 Å². The van der Waals surface area contributed by atoms with Crippen LogP contribution in [0.5, 0.6) is 5.75 Å². The highest BCUT2D eigenvalue weighted by atomic mass is 32.2. The molecule has 0 spiro atoms. The minimum atomic E-state index is -4.60. The molecule has 33 heavy (non-hydrogen) atoms. The van der Waals surface area contributed by atoms with Gasteiger partial charge in [0.15, 0.2) is 5.65 Å². The number of nitrogens with one attached hydrogen (secondary N) is 2. The number of nitrogens with two attached hydrogens (primary N) is 1. The van der Waals surface area contributed by atoms with Gasteiger partial charge in [-0.3, -0.25) is 5.10 Å². The van der Waals surface area contributed by atoms with Crippen LogP contribution in [0.1, 0.15) is 5.56 Å². The summed E-state index contributed by atoms with van der Waals surface area (Å²) >= 11 is 0. The number of nitrogen functional groups attached to an aromatic ring is 1. The van der Waals surface area contributed by atoms with Gasteiger partial charge in [-0.2, -0.15) is 18.3 Å². The number of aromatic nitrogens is 3. The number of fused-ring (bicyclic) bond motifs is 1. The Morgan fingerprint density at radius 2 is 1.88 bits per heavy atom. The smallest absolute Gasteiger partial charge is 0.402 e. The molecule has 4 rings (SSSR count). The Balaban J connectivity index is 1.69. The molecule has 0 amide bonds. The van der Waals surface area contributed by atoms with Crippen LogP contribution in [0.3, 0.4) is 0 Å². The van der Waals surface area contributed by atoms with E-state index in [0.29, 0.717) is 33.5 Å². The summed E-state index contributed by atoms with van der Waals surface area (Å²) < 4.78 is 71.2. The lowest BCUT2D eigenvalue weighted by atomic mass is 10.0. The van der Waals surface area contributed by atoms with Gasteiger partial charge >= 0.3 is 6.18 Å². The van der Waals surface area contributed by atoms with Crippen molar-refractivity contribution in [3.8, 4) is 16.9 Å². The van der Waals surface area contributed by atoms with E-state index in [4.69, 9.17) is 10.5 Å². The van der Waals surface area contributed by atoms with Gasteiger partial charge in [-0.05, 0) is 47.0 Å². The van der Waals surface area contributed by atoms with Crippen molar-refractivity contribution in [2.75, 3.05) is 16.2 Å². The molecule has 0 bridgehead atoms. The van der Waals surface area contributed by atoms with Crippen molar-refractivity contribution in [1.29, 1.82) is 0 Å². The minimum Gasteiger partial charge on any atom is -0.487 e. The van der Waals surface area contributed by atoms with Crippen LogP contribution in [0.2, 0.25) is 0 Å². The molecule has 2 aromatic heterocycles. The van der Waals surface area contributed by atoms with Gasteiger partial charge in [0.25, 0.3) is 0 Å². The fourth-order valence-corrected chi connectivity index (χ4v) is 3.94. The summed E-state index contributed by atoms with van der Waals surface area (Å²) in [6.45, 7) is 0.00389. The van der Waals surface area contributed by atoms with Gasteiger partial charge in [0.05, 0.1) is 11.1 Å². The Hall–Kier alpha value is -3.67. The molecule has 2 heterocycles. The number of aromatic amines is 1. The van der Waals surface area contributed by atoms with Crippen LogP contribution in [0, 0.1) is 5.82 Å². The second-order valence-electron chi connectivity index (χ2n) is 7.03. The van der Waals surface area contributed by atoms with E-state index in [1.807, 2.05) is 0 Å². The molecule has 0 saturated heterocycles. The first kappa shape index (κ1) is 22.5. The average molecular weight is 479 g/mol. The Morgan fingerprint density at radius 1 is 1.12 bits per heavy atom. The monoisotopic (exact) mass is 479 g/mol. The van der Waals surface area contributed by atoms with Crippen molar-refractivity contribution in [3.63, 3.8) is 0 Å². The fraction of sp³-hybridized carbons (Fsp3) is 0.143. The second kappa shape index (κ2) is 9.06. The van der Waals surface area contributed by atoms with Gasteiger partial charge in [0.1, 0.15) is 40.7 Å². The molecule has 172 valence electrons. The normalized spacial score (nSPS) is 12.6. The van der Waals surface area contributed by atoms with E-state index in [1.165, 1.54) is 30.3 Å². The molecule has 7 nitrogen and oxygen atoms in total. The zero-order chi connectivity index (χ0) is 23.6. The number of anilines is 2. The van der Waals surface area contributed by atoms with Crippen LogP contribution in [0.4, 0.5) is 29.1 Å². The number of hydrogen-bond acceptors (Lipinski definition) is 5. The molecule has 12 heteroatoms. The van der Waals surface area contributed by atoms with Crippen LogP contribution >= 0.6 is 0 Å². The standard InChI is InChI=1S/C21H17F4N5O2S/c22-14-4-1-12(2-5-14)10-32-17-9-13(3-6-16(17)30-33(31)11-21(23,24)25)15-7-8-27-20-18(15)19(26)28-29-20/h1-9,30H,10-11H2,(H3,26,27,28,29). The fourth-order valence-electron chi connectivity index (χ4n) is 3.15. The van der Waals surface area contributed by atoms with Crippen LogP contribution in [-0.2, 0) is 17.6 Å². The van der Waals surface area contributed by atoms with Crippen molar-refractivity contribution in [3.05, 3.63) is 66.1 Å². The number of halogens is 4. The van der Waals surface area contributed by atoms with E-state index in [9.17, 15) is 21.8 Å². The first-order chi connectivity index (χ1) is 15.7. The number of alkyl halides is 3. The third-order valence-corrected chi connectivity index (χ3v) is 5.64. The van der Waals surface area contributed by atoms with E-state index in [2.05, 4.69) is 19.9 Å². The van der Waals surface area contributed by atoms with E-state index >= 15 is 0 Å². The lowest BCUT2D eigenvalue weighted by molar-refractivity contribution is -0.105. The number of ether oxygens (including phenoxy) is 1. The average Bonchev–Trinajstić information content (AvgIpc) is 3.14. The van der Waals surface area contributed by atoms with Gasteiger partial charge < -0.3 is 15.2 Å². The highest BCUT2D eigenvalue weighted by Crippen LogP contribution is 2.36. The van der Waals surface area contributed by atoms with E-state index < -0.39 is 28.7 Å². The number of rotatable bonds is 7. The van der Waals surface area contributed by atoms with Gasteiger partial charge in [0.2, 0.25) is 0 Å². The summed E-state index contributed by atoms with van der Waals surface area (Å²) in [6.07, 6.45) is -3.06. The number of benzene rings is 2. The highest BCUT2D eigenvalue weighted by molar-refractivity contribution is 7.86. The van der Waals surface area contributed by atoms with Gasteiger partial charge in [0, 0.05) is 6.20 Å². The van der Waals surface area contributed by atoms with E-state index in [0.717, 1.165) is 0 Å². The lowest BCUT2D eigenvalue weighted by Crippen LogP contribution is -2.22. The van der Waals surface area contributed by atoms with Crippen LogP contribution < -0.4 is 15.2 Å². The molecule has 2 aromatic carbocycles. The van der Waals surface area contributed by atoms with Crippen LogP contribution in [0.25, 0.3) is 22.2 Å². The Bertz CT molecular complexity index is 1310. The largest absolute Gasteiger partial charge is 0.487 e. The van der Waals surface area contributed by atoms with Crippen molar-refractivity contribution in [2.45, 2.75) is 12.8 Å². The number of hydrogen-bond donors (Lipinski definition) is 3. The van der Waals surface area contributed by atoms with E-state index in [-0.39, 0.29) is 18.0 Å². The third kappa shape index (κ3) is 5.40. The quantitative estimate of drug-likeness (QED) is 0.337. The van der Waals surface area contributed by atoms with Gasteiger partial charge in [-0.25, -0.2) is 13.6 Å². The summed E-state index contributed by atoms with van der Waals surface area (Å²) in [7, 11) is -2.42. The Labute approximate surface area is 187 Å². The lowest BCUT2D eigenvalue weighted by Gasteiger charge is -2.16. The first-order valence-corrected chi connectivity index (χ1v) is 10.8. The summed E-state index contributed by atoms with van der Waals surface area (Å²) in [6, 6.07) is 12.0. The van der Waals surface area contributed by atoms with Crippen molar-refractivity contribution in [1.82, 2.24) is 15.2 Å². The molecular formula is C21H17F4N5O2S. The summed E-state index contributed by atoms with van der Waals surface area (Å²) in [4.78, 5) is 4.14. The molecule has 1 atom stereocenters. The zero-order valence-electron chi connectivity index (χ0n) is 16.8. The molecular weight excluding hydrogens is 462 g/mol. The SMILES string of the molecule is Nc1[nH]nc2nccc(-c3ccc(NS(=O)CC(F)(F)F)c(OCc4ccc(F)cc4)c3)c12. The highest BCUT2D eigenvalue weighted by Gasteiger charge is 2.31. The summed E-state index contributed by atoms with van der Waals surface area (Å²) in [5, 5.41) is 7.25.